The molecule has 1 rings (SSSR count). The van der Waals surface area contributed by atoms with Crippen molar-refractivity contribution in [2.75, 3.05) is 6.54 Å². The van der Waals surface area contributed by atoms with Gasteiger partial charge in [0.25, 0.3) is 0 Å². The summed E-state index contributed by atoms with van der Waals surface area (Å²) in [7, 11) is 1.84. The van der Waals surface area contributed by atoms with Gasteiger partial charge in [-0.3, -0.25) is 4.68 Å². The zero-order valence-corrected chi connectivity index (χ0v) is 7.49. The largest absolute Gasteiger partial charge is 0.388 e. The maximum Gasteiger partial charge on any atom is 0.0835 e. The van der Waals surface area contributed by atoms with Crippen LogP contribution in [0.3, 0.4) is 0 Å². The van der Waals surface area contributed by atoms with E-state index in [4.69, 9.17) is 5.73 Å². The molecule has 0 saturated carbocycles. The third-order valence-corrected chi connectivity index (χ3v) is 1.85. The van der Waals surface area contributed by atoms with Crippen LogP contribution in [0, 0.1) is 6.92 Å². The number of hydrogen-bond donors (Lipinski definition) is 2. The van der Waals surface area contributed by atoms with Gasteiger partial charge in [0.05, 0.1) is 11.8 Å². The van der Waals surface area contributed by atoms with E-state index >= 15 is 0 Å². The summed E-state index contributed by atoms with van der Waals surface area (Å²) >= 11 is 0. The van der Waals surface area contributed by atoms with E-state index in [1.807, 2.05) is 20.2 Å². The molecule has 0 aliphatic rings. The number of hydrogen-bond acceptors (Lipinski definition) is 3. The predicted molar refractivity (Wildman–Crippen MR) is 46.6 cm³/mol. The number of nitrogens with zero attached hydrogens (tertiary/aromatic N) is 2. The molecule has 0 aliphatic carbocycles. The summed E-state index contributed by atoms with van der Waals surface area (Å²) in [6.07, 6.45) is 1.95. The van der Waals surface area contributed by atoms with Gasteiger partial charge in [0.1, 0.15) is 0 Å². The van der Waals surface area contributed by atoms with Crippen LogP contribution in [-0.4, -0.2) is 21.4 Å². The zero-order valence-electron chi connectivity index (χ0n) is 7.49. The van der Waals surface area contributed by atoms with Gasteiger partial charge in [-0.2, -0.15) is 5.10 Å². The van der Waals surface area contributed by atoms with Crippen LogP contribution in [0.5, 0.6) is 0 Å². The number of aromatic nitrogens is 2. The first-order valence-electron chi connectivity index (χ1n) is 4.03. The van der Waals surface area contributed by atoms with Crippen molar-refractivity contribution in [2.45, 2.75) is 19.4 Å². The minimum atomic E-state index is -0.469. The molecular weight excluding hydrogens is 154 g/mol. The third-order valence-electron chi connectivity index (χ3n) is 1.85. The molecular formula is C8H15N3O. The van der Waals surface area contributed by atoms with E-state index in [0.29, 0.717) is 13.0 Å². The molecule has 0 unspecified atom stereocenters. The fraction of sp³-hybridized carbons (Fsp3) is 0.625. The zero-order chi connectivity index (χ0) is 9.14. The van der Waals surface area contributed by atoms with Crippen molar-refractivity contribution in [3.8, 4) is 0 Å². The van der Waals surface area contributed by atoms with Crippen LogP contribution in [0.15, 0.2) is 6.20 Å². The molecule has 3 N–H and O–H groups in total. The standard InChI is InChI=1S/C8H15N3O/c1-6-7(5-11(2)10-6)8(12)3-4-9/h5,8,12H,3-4,9H2,1-2H3/t8-/m0/s1. The Kier molecular flexibility index (Phi) is 2.83. The monoisotopic (exact) mass is 169 g/mol. The van der Waals surface area contributed by atoms with E-state index in [1.54, 1.807) is 4.68 Å². The molecule has 4 heteroatoms. The summed E-state index contributed by atoms with van der Waals surface area (Å²) in [4.78, 5) is 0. The first-order chi connectivity index (χ1) is 5.65. The molecule has 1 aromatic rings. The highest BCUT2D eigenvalue weighted by Gasteiger charge is 2.11. The lowest BCUT2D eigenvalue weighted by Crippen LogP contribution is -2.06. The number of nitrogens with two attached hydrogens (primary N) is 1. The summed E-state index contributed by atoms with van der Waals surface area (Å²) in [5, 5.41) is 13.7. The highest BCUT2D eigenvalue weighted by molar-refractivity contribution is 5.18. The smallest absolute Gasteiger partial charge is 0.0835 e. The second-order valence-electron chi connectivity index (χ2n) is 2.94. The van der Waals surface area contributed by atoms with Crippen molar-refractivity contribution in [1.29, 1.82) is 0 Å². The molecule has 4 nitrogen and oxygen atoms in total. The summed E-state index contributed by atoms with van der Waals surface area (Å²) in [5.41, 5.74) is 7.09. The molecule has 0 fully saturated rings. The Labute approximate surface area is 72.0 Å². The maximum absolute atomic E-state index is 9.58. The topological polar surface area (TPSA) is 64.1 Å². The maximum atomic E-state index is 9.58. The Hall–Kier alpha value is -0.870. The van der Waals surface area contributed by atoms with Crippen molar-refractivity contribution in [3.05, 3.63) is 17.5 Å². The van der Waals surface area contributed by atoms with Gasteiger partial charge in [-0.15, -0.1) is 0 Å². The Morgan fingerprint density at radius 2 is 2.42 bits per heavy atom. The molecule has 68 valence electrons. The van der Waals surface area contributed by atoms with Crippen molar-refractivity contribution in [2.24, 2.45) is 12.8 Å². The number of rotatable bonds is 3. The van der Waals surface area contributed by atoms with Crippen LogP contribution in [0.4, 0.5) is 0 Å². The third kappa shape index (κ3) is 1.84. The molecule has 0 aromatic carbocycles. The van der Waals surface area contributed by atoms with E-state index in [0.717, 1.165) is 11.3 Å². The quantitative estimate of drug-likeness (QED) is 0.675. The molecule has 0 saturated heterocycles. The number of aliphatic hydroxyl groups excluding tert-OH is 1. The van der Waals surface area contributed by atoms with Crippen LogP contribution >= 0.6 is 0 Å². The average molecular weight is 169 g/mol. The number of aryl methyl sites for hydroxylation is 2. The molecule has 12 heavy (non-hydrogen) atoms. The Morgan fingerprint density at radius 3 is 2.83 bits per heavy atom. The fourth-order valence-electron chi connectivity index (χ4n) is 1.26. The molecule has 0 amide bonds. The normalized spacial score (nSPS) is 13.3. The Bertz CT molecular complexity index is 257. The van der Waals surface area contributed by atoms with E-state index < -0.39 is 6.10 Å². The Morgan fingerprint density at radius 1 is 1.75 bits per heavy atom. The summed E-state index contributed by atoms with van der Waals surface area (Å²) in [5.74, 6) is 0. The average Bonchev–Trinajstić information content (AvgIpc) is 2.30. The van der Waals surface area contributed by atoms with Gasteiger partial charge in [0, 0.05) is 18.8 Å². The summed E-state index contributed by atoms with van der Waals surface area (Å²) in [6, 6.07) is 0. The first-order valence-corrected chi connectivity index (χ1v) is 4.03. The van der Waals surface area contributed by atoms with Crippen molar-refractivity contribution >= 4 is 0 Å². The molecule has 1 atom stereocenters. The van der Waals surface area contributed by atoms with Crippen molar-refractivity contribution in [1.82, 2.24) is 9.78 Å². The molecule has 1 aromatic heterocycles. The van der Waals surface area contributed by atoms with Gasteiger partial charge in [0.15, 0.2) is 0 Å². The van der Waals surface area contributed by atoms with Gasteiger partial charge in [-0.25, -0.2) is 0 Å². The van der Waals surface area contributed by atoms with E-state index in [1.165, 1.54) is 0 Å². The lowest BCUT2D eigenvalue weighted by atomic mass is 10.1. The summed E-state index contributed by atoms with van der Waals surface area (Å²) in [6.45, 7) is 2.38. The van der Waals surface area contributed by atoms with Gasteiger partial charge < -0.3 is 10.8 Å². The van der Waals surface area contributed by atoms with Crippen molar-refractivity contribution in [3.63, 3.8) is 0 Å². The lowest BCUT2D eigenvalue weighted by molar-refractivity contribution is 0.169. The predicted octanol–water partition coefficient (Wildman–Crippen LogP) is 0.111. The van der Waals surface area contributed by atoms with Crippen molar-refractivity contribution < 1.29 is 5.11 Å². The SMILES string of the molecule is Cc1nn(C)cc1[C@@H](O)CCN. The van der Waals surface area contributed by atoms with Gasteiger partial charge in [-0.05, 0) is 19.9 Å². The van der Waals surface area contributed by atoms with Gasteiger partial charge >= 0.3 is 0 Å². The molecule has 0 radical (unpaired) electrons. The fourth-order valence-corrected chi connectivity index (χ4v) is 1.26. The highest BCUT2D eigenvalue weighted by atomic mass is 16.3. The van der Waals surface area contributed by atoms with E-state index in [2.05, 4.69) is 5.10 Å². The molecule has 0 aliphatic heterocycles. The van der Waals surface area contributed by atoms with Crippen LogP contribution in [0.2, 0.25) is 0 Å². The van der Waals surface area contributed by atoms with Crippen LogP contribution in [0.25, 0.3) is 0 Å². The summed E-state index contributed by atoms with van der Waals surface area (Å²) < 4.78 is 1.70. The van der Waals surface area contributed by atoms with Crippen LogP contribution in [0.1, 0.15) is 23.8 Å². The molecule has 0 spiro atoms. The minimum Gasteiger partial charge on any atom is -0.388 e. The second-order valence-corrected chi connectivity index (χ2v) is 2.94. The van der Waals surface area contributed by atoms with Crippen LogP contribution in [-0.2, 0) is 7.05 Å². The lowest BCUT2D eigenvalue weighted by Gasteiger charge is -2.06. The van der Waals surface area contributed by atoms with E-state index in [-0.39, 0.29) is 0 Å². The van der Waals surface area contributed by atoms with E-state index in [9.17, 15) is 5.11 Å². The van der Waals surface area contributed by atoms with Gasteiger partial charge in [0.2, 0.25) is 0 Å². The Balaban J connectivity index is 2.79. The second kappa shape index (κ2) is 3.69. The molecule has 0 bridgehead atoms. The van der Waals surface area contributed by atoms with Crippen LogP contribution < -0.4 is 5.73 Å². The number of aliphatic hydroxyl groups is 1. The van der Waals surface area contributed by atoms with Gasteiger partial charge in [-0.1, -0.05) is 0 Å². The minimum absolute atomic E-state index is 0.469. The first kappa shape index (κ1) is 9.22. The highest BCUT2D eigenvalue weighted by Crippen LogP contribution is 2.18. The molecule has 1 heterocycles.